The summed E-state index contributed by atoms with van der Waals surface area (Å²) in [5, 5.41) is 12.4. The molecule has 2 aromatic carbocycles. The van der Waals surface area contributed by atoms with Gasteiger partial charge in [-0.15, -0.1) is 0 Å². The molecule has 1 aromatic heterocycles. The van der Waals surface area contributed by atoms with Gasteiger partial charge < -0.3 is 15.0 Å². The highest BCUT2D eigenvalue weighted by Gasteiger charge is 2.45. The molecule has 2 heterocycles. The van der Waals surface area contributed by atoms with E-state index in [9.17, 15) is 4.79 Å². The average molecular weight is 547 g/mol. The molecule has 0 atom stereocenters. The first-order valence-corrected chi connectivity index (χ1v) is 15.5. The van der Waals surface area contributed by atoms with Crippen LogP contribution in [0.2, 0.25) is 0 Å². The molecule has 2 saturated carbocycles. The molecule has 1 N–H and O–H groups in total. The summed E-state index contributed by atoms with van der Waals surface area (Å²) in [6.45, 7) is 2.28. The number of carbonyl (C=O) groups is 1. The van der Waals surface area contributed by atoms with Crippen molar-refractivity contribution in [1.82, 2.24) is 10.3 Å². The summed E-state index contributed by atoms with van der Waals surface area (Å²) in [6.07, 6.45) is 9.16. The lowest BCUT2D eigenvalue weighted by atomic mass is 9.88. The number of amides is 1. The minimum absolute atomic E-state index is 0.115. The quantitative estimate of drug-likeness (QED) is 0.363. The van der Waals surface area contributed by atoms with Crippen LogP contribution in [-0.2, 0) is 4.79 Å². The zero-order valence-corrected chi connectivity index (χ0v) is 23.2. The lowest BCUT2D eigenvalue weighted by Crippen LogP contribution is -2.40. The highest BCUT2D eigenvalue weighted by Crippen LogP contribution is 2.36. The summed E-state index contributed by atoms with van der Waals surface area (Å²) in [7, 11) is 0. The summed E-state index contributed by atoms with van der Waals surface area (Å²) < 4.78 is 5.80. The summed E-state index contributed by atoms with van der Waals surface area (Å²) in [5.74, 6) is 3.54. The van der Waals surface area contributed by atoms with Gasteiger partial charge in [0.15, 0.2) is 0 Å². The Morgan fingerprint density at radius 1 is 1.03 bits per heavy atom. The van der Waals surface area contributed by atoms with Crippen LogP contribution in [0.1, 0.15) is 44.9 Å². The van der Waals surface area contributed by atoms with Gasteiger partial charge >= 0.3 is 0 Å². The van der Waals surface area contributed by atoms with Crippen molar-refractivity contribution >= 4 is 34.7 Å². The predicted octanol–water partition coefficient (Wildman–Crippen LogP) is 6.89. The number of hydrogen-bond acceptors (Lipinski definition) is 7. The number of thiazole rings is 1. The van der Waals surface area contributed by atoms with Crippen LogP contribution < -0.4 is 15.0 Å². The molecule has 198 valence electrons. The van der Waals surface area contributed by atoms with Crippen LogP contribution in [0.3, 0.4) is 0 Å². The van der Waals surface area contributed by atoms with Gasteiger partial charge in [-0.05, 0) is 55.5 Å². The Morgan fingerprint density at radius 2 is 1.74 bits per heavy atom. The second kappa shape index (κ2) is 12.7. The van der Waals surface area contributed by atoms with Gasteiger partial charge in [0.2, 0.25) is 5.91 Å². The molecule has 3 fully saturated rings. The third-order valence-corrected chi connectivity index (χ3v) is 9.13. The summed E-state index contributed by atoms with van der Waals surface area (Å²) in [4.78, 5) is 19.7. The Bertz CT molecular complexity index is 1220. The Hall–Kier alpha value is -3.02. The average Bonchev–Trinajstić information content (AvgIpc) is 3.61. The predicted molar refractivity (Wildman–Crippen MR) is 156 cm³/mol. The fraction of sp³-hybridized carbons (Fsp3) is 0.433. The fourth-order valence-corrected chi connectivity index (χ4v) is 6.47. The Balaban J connectivity index is 0.000000179. The number of nitriles is 1. The molecule has 0 radical (unpaired) electrons. The van der Waals surface area contributed by atoms with E-state index in [1.165, 1.54) is 29.2 Å². The Morgan fingerprint density at radius 3 is 2.39 bits per heavy atom. The molecule has 38 heavy (non-hydrogen) atoms. The number of hydrogen-bond donors (Lipinski definition) is 1. The number of thioether (sulfide) groups is 1. The normalized spacial score (nSPS) is 18.4. The standard InChI is InChI=1S/C19H18N2OS2.C11H16N2O/c1-2-4-17(5-3-1)22-19-20-14-18(24-19)15-6-8-16(9-7-15)21-10-12-23-13-11-21;12-8-11(6-7-11)13-10(14)9-4-2-1-3-5-9/h1-9,14H,10-13H2;9H,1-7H2,(H,13,14). The van der Waals surface area contributed by atoms with E-state index in [2.05, 4.69) is 45.5 Å². The van der Waals surface area contributed by atoms with Gasteiger partial charge in [0.1, 0.15) is 11.3 Å². The SMILES string of the molecule is N#CC1(NC(=O)C2CCCCC2)CC1.c1ccc(Oc2ncc(-c3ccc(N4CCSCC4)cc3)s2)cc1. The molecule has 3 aromatic rings. The van der Waals surface area contributed by atoms with E-state index in [0.717, 1.165) is 62.2 Å². The zero-order chi connectivity index (χ0) is 26.2. The molecule has 1 amide bonds. The smallest absolute Gasteiger partial charge is 0.279 e. The van der Waals surface area contributed by atoms with Gasteiger partial charge in [-0.1, -0.05) is 60.9 Å². The van der Waals surface area contributed by atoms with Crippen LogP contribution in [0.15, 0.2) is 60.8 Å². The van der Waals surface area contributed by atoms with Gasteiger partial charge in [0.05, 0.1) is 10.9 Å². The van der Waals surface area contributed by atoms with Gasteiger partial charge in [-0.25, -0.2) is 4.98 Å². The Kier molecular flexibility index (Phi) is 8.87. The lowest BCUT2D eigenvalue weighted by molar-refractivity contribution is -0.126. The van der Waals surface area contributed by atoms with E-state index in [4.69, 9.17) is 10.00 Å². The molecule has 6 nitrogen and oxygen atoms in total. The van der Waals surface area contributed by atoms with E-state index >= 15 is 0 Å². The second-order valence-electron chi connectivity index (χ2n) is 10.1. The molecule has 0 spiro atoms. The van der Waals surface area contributed by atoms with E-state index in [1.807, 2.05) is 48.3 Å². The summed E-state index contributed by atoms with van der Waals surface area (Å²) >= 11 is 3.61. The molecule has 8 heteroatoms. The summed E-state index contributed by atoms with van der Waals surface area (Å²) in [5.41, 5.74) is 2.02. The zero-order valence-electron chi connectivity index (χ0n) is 21.6. The van der Waals surface area contributed by atoms with Crippen molar-refractivity contribution < 1.29 is 9.53 Å². The molecule has 1 aliphatic heterocycles. The molecular weight excluding hydrogens is 512 g/mol. The van der Waals surface area contributed by atoms with Gasteiger partial charge in [0.25, 0.3) is 5.19 Å². The lowest BCUT2D eigenvalue weighted by Gasteiger charge is -2.28. The topological polar surface area (TPSA) is 78.2 Å². The van der Waals surface area contributed by atoms with Gasteiger partial charge in [-0.2, -0.15) is 17.0 Å². The number of para-hydroxylation sites is 1. The number of ether oxygens (including phenoxy) is 1. The van der Waals surface area contributed by atoms with Crippen molar-refractivity contribution in [1.29, 1.82) is 5.26 Å². The van der Waals surface area contributed by atoms with Crippen molar-refractivity contribution in [2.75, 3.05) is 29.5 Å². The minimum Gasteiger partial charge on any atom is -0.431 e. The van der Waals surface area contributed by atoms with E-state index < -0.39 is 5.54 Å². The first kappa shape index (κ1) is 26.6. The van der Waals surface area contributed by atoms with Crippen LogP contribution in [0, 0.1) is 17.2 Å². The number of nitrogens with one attached hydrogen (secondary N) is 1. The molecular formula is C30H34N4O2S2. The third-order valence-electron chi connectivity index (χ3n) is 7.26. The molecule has 6 rings (SSSR count). The van der Waals surface area contributed by atoms with Crippen LogP contribution in [-0.4, -0.2) is 41.0 Å². The van der Waals surface area contributed by atoms with Crippen LogP contribution >= 0.6 is 23.1 Å². The molecule has 0 unspecified atom stereocenters. The maximum Gasteiger partial charge on any atom is 0.279 e. The number of aromatic nitrogens is 1. The maximum atomic E-state index is 11.8. The largest absolute Gasteiger partial charge is 0.431 e. The number of benzene rings is 2. The van der Waals surface area contributed by atoms with Crippen molar-refractivity contribution in [3.05, 3.63) is 60.8 Å². The maximum absolute atomic E-state index is 11.8. The highest BCUT2D eigenvalue weighted by atomic mass is 32.2. The molecule has 0 bridgehead atoms. The van der Waals surface area contributed by atoms with Crippen LogP contribution in [0.25, 0.3) is 10.4 Å². The van der Waals surface area contributed by atoms with Crippen molar-refractivity contribution in [3.63, 3.8) is 0 Å². The van der Waals surface area contributed by atoms with Crippen LogP contribution in [0.5, 0.6) is 10.9 Å². The third kappa shape index (κ3) is 7.09. The molecule has 3 aliphatic rings. The highest BCUT2D eigenvalue weighted by molar-refractivity contribution is 7.99. The number of anilines is 1. The van der Waals surface area contributed by atoms with Crippen molar-refractivity contribution in [2.45, 2.75) is 50.5 Å². The molecule has 1 saturated heterocycles. The van der Waals surface area contributed by atoms with Gasteiger partial charge in [-0.3, -0.25) is 4.79 Å². The van der Waals surface area contributed by atoms with E-state index in [1.54, 1.807) is 11.3 Å². The second-order valence-corrected chi connectivity index (χ2v) is 12.3. The summed E-state index contributed by atoms with van der Waals surface area (Å²) in [6, 6.07) is 20.7. The monoisotopic (exact) mass is 546 g/mol. The first-order chi connectivity index (χ1) is 18.6. The van der Waals surface area contributed by atoms with E-state index in [-0.39, 0.29) is 11.8 Å². The Labute approximate surface area is 233 Å². The van der Waals surface area contributed by atoms with Crippen molar-refractivity contribution in [3.8, 4) is 27.5 Å². The first-order valence-electron chi connectivity index (χ1n) is 13.5. The number of carbonyl (C=O) groups excluding carboxylic acids is 1. The fourth-order valence-electron chi connectivity index (χ4n) is 4.78. The van der Waals surface area contributed by atoms with Crippen LogP contribution in [0.4, 0.5) is 5.69 Å². The number of nitrogens with zero attached hydrogens (tertiary/aromatic N) is 3. The molecule has 2 aliphatic carbocycles. The minimum atomic E-state index is -0.478. The number of rotatable bonds is 6. The van der Waals surface area contributed by atoms with Gasteiger partial charge in [0, 0.05) is 42.4 Å². The van der Waals surface area contributed by atoms with E-state index in [0.29, 0.717) is 5.19 Å². The van der Waals surface area contributed by atoms with Crippen molar-refractivity contribution in [2.24, 2.45) is 5.92 Å².